The van der Waals surface area contributed by atoms with E-state index in [2.05, 4.69) is 10.3 Å². The van der Waals surface area contributed by atoms with Gasteiger partial charge in [-0.05, 0) is 6.92 Å². The van der Waals surface area contributed by atoms with Crippen LogP contribution >= 0.6 is 11.3 Å². The van der Waals surface area contributed by atoms with Gasteiger partial charge in [-0.25, -0.2) is 14.6 Å². The normalized spacial score (nSPS) is 9.79. The van der Waals surface area contributed by atoms with Crippen molar-refractivity contribution in [3.05, 3.63) is 15.6 Å². The summed E-state index contributed by atoms with van der Waals surface area (Å²) in [4.78, 5) is 25.2. The third-order valence-electron chi connectivity index (χ3n) is 1.45. The van der Waals surface area contributed by atoms with Crippen molar-refractivity contribution in [3.63, 3.8) is 0 Å². The first kappa shape index (κ1) is 10.5. The summed E-state index contributed by atoms with van der Waals surface area (Å²) in [5, 5.41) is 11.6. The van der Waals surface area contributed by atoms with E-state index in [-0.39, 0.29) is 11.4 Å². The van der Waals surface area contributed by atoms with Crippen molar-refractivity contribution >= 4 is 23.3 Å². The van der Waals surface area contributed by atoms with Gasteiger partial charge >= 0.3 is 12.0 Å². The number of thiazole rings is 1. The number of rotatable bonds is 3. The van der Waals surface area contributed by atoms with E-state index in [1.807, 2.05) is 0 Å². The lowest BCUT2D eigenvalue weighted by Crippen LogP contribution is -2.28. The Labute approximate surface area is 83.8 Å². The van der Waals surface area contributed by atoms with Crippen molar-refractivity contribution in [1.82, 2.24) is 10.3 Å². The Bertz CT molecular complexity index is 374. The highest BCUT2D eigenvalue weighted by Gasteiger charge is 2.13. The number of carbonyl (C=O) groups excluding carboxylic acids is 1. The van der Waals surface area contributed by atoms with Gasteiger partial charge in [0.2, 0.25) is 0 Å². The van der Waals surface area contributed by atoms with E-state index < -0.39 is 12.0 Å². The summed E-state index contributed by atoms with van der Waals surface area (Å²) in [5.41, 5.74) is 5.30. The largest absolute Gasteiger partial charge is 0.477 e. The Morgan fingerprint density at radius 3 is 2.71 bits per heavy atom. The number of nitrogens with zero attached hydrogens (tertiary/aromatic N) is 1. The zero-order chi connectivity index (χ0) is 10.7. The van der Waals surface area contributed by atoms with E-state index in [0.717, 1.165) is 11.3 Å². The summed E-state index contributed by atoms with van der Waals surface area (Å²) in [5.74, 6) is -1.01. The highest BCUT2D eigenvalue weighted by atomic mass is 32.1. The maximum absolute atomic E-state index is 10.6. The Balaban J connectivity index is 2.76. The van der Waals surface area contributed by atoms with Crippen LogP contribution in [0.2, 0.25) is 0 Å². The molecule has 1 rings (SSSR count). The quantitative estimate of drug-likeness (QED) is 0.675. The first-order valence-corrected chi connectivity index (χ1v) is 4.55. The van der Waals surface area contributed by atoms with E-state index in [1.54, 1.807) is 6.92 Å². The SMILES string of the molecule is Cc1nc(CNC(N)=O)sc1C(=O)O. The van der Waals surface area contributed by atoms with E-state index in [4.69, 9.17) is 10.8 Å². The van der Waals surface area contributed by atoms with Crippen LogP contribution in [0.4, 0.5) is 4.79 Å². The number of nitrogens with one attached hydrogen (secondary N) is 1. The third kappa shape index (κ3) is 2.43. The summed E-state index contributed by atoms with van der Waals surface area (Å²) in [6.07, 6.45) is 0. The molecule has 0 aliphatic rings. The molecule has 0 aromatic carbocycles. The van der Waals surface area contributed by atoms with Crippen LogP contribution in [0, 0.1) is 6.92 Å². The van der Waals surface area contributed by atoms with Crippen LogP contribution in [0.3, 0.4) is 0 Å². The van der Waals surface area contributed by atoms with Gasteiger partial charge in [0.15, 0.2) is 0 Å². The molecule has 76 valence electrons. The molecule has 0 spiro atoms. The topological polar surface area (TPSA) is 105 Å². The van der Waals surface area contributed by atoms with Crippen molar-refractivity contribution in [3.8, 4) is 0 Å². The number of carbonyl (C=O) groups is 2. The first-order valence-electron chi connectivity index (χ1n) is 3.73. The molecule has 1 aromatic heterocycles. The summed E-state index contributed by atoms with van der Waals surface area (Å²) in [6, 6.07) is -0.658. The minimum Gasteiger partial charge on any atom is -0.477 e. The lowest BCUT2D eigenvalue weighted by atomic mass is 10.4. The average Bonchev–Trinajstić information content (AvgIpc) is 2.43. The number of primary amides is 1. The van der Waals surface area contributed by atoms with Crippen LogP contribution in [0.15, 0.2) is 0 Å². The summed E-state index contributed by atoms with van der Waals surface area (Å²) in [7, 11) is 0. The van der Waals surface area contributed by atoms with Gasteiger partial charge in [-0.2, -0.15) is 0 Å². The van der Waals surface area contributed by atoms with Gasteiger partial charge in [0.1, 0.15) is 9.88 Å². The fourth-order valence-electron chi connectivity index (χ4n) is 0.889. The highest BCUT2D eigenvalue weighted by molar-refractivity contribution is 7.13. The summed E-state index contributed by atoms with van der Waals surface area (Å²) < 4.78 is 0. The Morgan fingerprint density at radius 2 is 2.29 bits per heavy atom. The Morgan fingerprint density at radius 1 is 1.64 bits per heavy atom. The number of carboxylic acid groups (broad SMARTS) is 1. The minimum absolute atomic E-state index is 0.161. The van der Waals surface area contributed by atoms with Crippen LogP contribution < -0.4 is 11.1 Å². The van der Waals surface area contributed by atoms with E-state index >= 15 is 0 Å². The van der Waals surface area contributed by atoms with Crippen molar-refractivity contribution in [2.24, 2.45) is 5.73 Å². The summed E-state index contributed by atoms with van der Waals surface area (Å²) >= 11 is 1.03. The number of aromatic nitrogens is 1. The van der Waals surface area contributed by atoms with Crippen LogP contribution in [0.25, 0.3) is 0 Å². The molecule has 2 amide bonds. The maximum atomic E-state index is 10.6. The predicted molar refractivity (Wildman–Crippen MR) is 50.2 cm³/mol. The van der Waals surface area contributed by atoms with Gasteiger partial charge in [0.25, 0.3) is 0 Å². The smallest absolute Gasteiger partial charge is 0.347 e. The minimum atomic E-state index is -1.01. The third-order valence-corrected chi connectivity index (χ3v) is 2.59. The monoisotopic (exact) mass is 215 g/mol. The number of aromatic carboxylic acids is 1. The standard InChI is InChI=1S/C7H9N3O3S/c1-3-5(6(11)12)14-4(10-3)2-9-7(8)13/h2H2,1H3,(H,11,12)(H3,8,9,13). The van der Waals surface area contributed by atoms with E-state index in [9.17, 15) is 9.59 Å². The molecule has 0 radical (unpaired) electrons. The van der Waals surface area contributed by atoms with Gasteiger partial charge in [0.05, 0.1) is 12.2 Å². The van der Waals surface area contributed by atoms with Crippen LogP contribution in [0.1, 0.15) is 20.4 Å². The number of aryl methyl sites for hydroxylation is 1. The molecule has 6 nitrogen and oxygen atoms in total. The Hall–Kier alpha value is -1.63. The van der Waals surface area contributed by atoms with Gasteiger partial charge in [0, 0.05) is 0 Å². The number of hydrogen-bond acceptors (Lipinski definition) is 4. The molecule has 0 aliphatic carbocycles. The fourth-order valence-corrected chi connectivity index (χ4v) is 1.73. The second kappa shape index (κ2) is 4.05. The molecule has 0 bridgehead atoms. The highest BCUT2D eigenvalue weighted by Crippen LogP contribution is 2.17. The average molecular weight is 215 g/mol. The molecule has 7 heteroatoms. The number of hydrogen-bond donors (Lipinski definition) is 3. The second-order valence-corrected chi connectivity index (χ2v) is 3.63. The first-order chi connectivity index (χ1) is 6.50. The lowest BCUT2D eigenvalue weighted by Gasteiger charge is -1.95. The lowest BCUT2D eigenvalue weighted by molar-refractivity contribution is 0.0701. The van der Waals surface area contributed by atoms with Gasteiger partial charge < -0.3 is 16.2 Å². The molecule has 1 heterocycles. The van der Waals surface area contributed by atoms with Gasteiger partial charge in [-0.15, -0.1) is 11.3 Å². The molecule has 0 atom stereocenters. The number of nitrogens with two attached hydrogens (primary N) is 1. The Kier molecular flexibility index (Phi) is 3.03. The second-order valence-electron chi connectivity index (χ2n) is 2.55. The molecule has 14 heavy (non-hydrogen) atoms. The van der Waals surface area contributed by atoms with Crippen molar-refractivity contribution < 1.29 is 14.7 Å². The molecule has 0 fully saturated rings. The number of carboxylic acids is 1. The number of urea groups is 1. The maximum Gasteiger partial charge on any atom is 0.347 e. The molecule has 1 aromatic rings. The van der Waals surface area contributed by atoms with Crippen LogP contribution in [-0.2, 0) is 6.54 Å². The van der Waals surface area contributed by atoms with Crippen LogP contribution in [0.5, 0.6) is 0 Å². The zero-order valence-electron chi connectivity index (χ0n) is 7.40. The van der Waals surface area contributed by atoms with Crippen molar-refractivity contribution in [2.75, 3.05) is 0 Å². The fraction of sp³-hybridized carbons (Fsp3) is 0.286. The molecular weight excluding hydrogens is 206 g/mol. The molecular formula is C7H9N3O3S. The zero-order valence-corrected chi connectivity index (χ0v) is 8.22. The molecule has 4 N–H and O–H groups in total. The molecule has 0 saturated heterocycles. The van der Waals surface area contributed by atoms with E-state index in [0.29, 0.717) is 10.7 Å². The van der Waals surface area contributed by atoms with Crippen molar-refractivity contribution in [1.29, 1.82) is 0 Å². The van der Waals surface area contributed by atoms with Gasteiger partial charge in [-0.3, -0.25) is 0 Å². The molecule has 0 unspecified atom stereocenters. The molecule has 0 saturated carbocycles. The van der Waals surface area contributed by atoms with Crippen LogP contribution in [-0.4, -0.2) is 22.1 Å². The molecule has 0 aliphatic heterocycles. The van der Waals surface area contributed by atoms with E-state index in [1.165, 1.54) is 0 Å². The summed E-state index contributed by atoms with van der Waals surface area (Å²) in [6.45, 7) is 1.77. The van der Waals surface area contributed by atoms with Gasteiger partial charge in [-0.1, -0.05) is 0 Å². The van der Waals surface area contributed by atoms with Crippen molar-refractivity contribution in [2.45, 2.75) is 13.5 Å². The number of amides is 2. The predicted octanol–water partition coefficient (Wildman–Crippen LogP) is 0.318.